The maximum Gasteiger partial charge on any atom is 0.270 e. The monoisotopic (exact) mass is 482 g/mol. The van der Waals surface area contributed by atoms with E-state index in [4.69, 9.17) is 4.74 Å². The predicted octanol–water partition coefficient (Wildman–Crippen LogP) is 4.71. The molecule has 0 aliphatic heterocycles. The highest BCUT2D eigenvalue weighted by molar-refractivity contribution is 9.10. The third kappa shape index (κ3) is 5.85. The number of ether oxygens (including phenoxy) is 1. The van der Waals surface area contributed by atoms with Gasteiger partial charge in [0, 0.05) is 10.0 Å². The lowest BCUT2D eigenvalue weighted by molar-refractivity contribution is 0.0846. The molecule has 0 aliphatic carbocycles. The first-order valence-electron chi connectivity index (χ1n) is 8.16. The van der Waals surface area contributed by atoms with Crippen LogP contribution in [-0.2, 0) is 0 Å². The second-order valence-electron chi connectivity index (χ2n) is 6.06. The molecule has 0 aromatic heterocycles. The fourth-order valence-electron chi connectivity index (χ4n) is 2.06. The highest BCUT2D eigenvalue weighted by Gasteiger charge is 2.13. The van der Waals surface area contributed by atoms with Crippen molar-refractivity contribution in [3.05, 3.63) is 62.5 Å². The van der Waals surface area contributed by atoms with Gasteiger partial charge in [-0.2, -0.15) is 0 Å². The third-order valence-electron chi connectivity index (χ3n) is 3.55. The molecule has 2 rings (SSSR count). The van der Waals surface area contributed by atoms with E-state index in [1.54, 1.807) is 36.4 Å². The Balaban J connectivity index is 1.94. The standard InChI is InChI=1S/C19H20Br2N2O3/c1-12(2)9-10-26-17-8-7-13(11-16(17)21)18(24)22-23-19(25)14-5-3-4-6-15(14)20/h3-8,11-12H,9-10H2,1-2H3,(H,22,24)(H,23,25). The molecule has 2 aromatic carbocycles. The first kappa shape index (κ1) is 20.5. The van der Waals surface area contributed by atoms with Crippen LogP contribution in [0.2, 0.25) is 0 Å². The van der Waals surface area contributed by atoms with Crippen molar-refractivity contribution in [1.29, 1.82) is 0 Å². The van der Waals surface area contributed by atoms with Crippen LogP contribution in [0.15, 0.2) is 51.4 Å². The summed E-state index contributed by atoms with van der Waals surface area (Å²) in [4.78, 5) is 24.3. The van der Waals surface area contributed by atoms with Crippen molar-refractivity contribution < 1.29 is 14.3 Å². The molecule has 0 saturated carbocycles. The molecular weight excluding hydrogens is 464 g/mol. The normalized spacial score (nSPS) is 10.5. The van der Waals surface area contributed by atoms with Crippen LogP contribution in [0.5, 0.6) is 5.75 Å². The molecule has 0 saturated heterocycles. The molecule has 26 heavy (non-hydrogen) atoms. The summed E-state index contributed by atoms with van der Waals surface area (Å²) in [5.41, 5.74) is 5.65. The van der Waals surface area contributed by atoms with E-state index in [0.717, 1.165) is 6.42 Å². The van der Waals surface area contributed by atoms with Crippen LogP contribution in [-0.4, -0.2) is 18.4 Å². The summed E-state index contributed by atoms with van der Waals surface area (Å²) in [6.45, 7) is 4.88. The summed E-state index contributed by atoms with van der Waals surface area (Å²) in [7, 11) is 0. The molecule has 0 aliphatic rings. The SMILES string of the molecule is CC(C)CCOc1ccc(C(=O)NNC(=O)c2ccccc2Br)cc1Br. The van der Waals surface area contributed by atoms with E-state index >= 15 is 0 Å². The molecule has 0 atom stereocenters. The molecule has 2 amide bonds. The highest BCUT2D eigenvalue weighted by atomic mass is 79.9. The fourth-order valence-corrected chi connectivity index (χ4v) is 3.02. The van der Waals surface area contributed by atoms with Crippen LogP contribution >= 0.6 is 31.9 Å². The van der Waals surface area contributed by atoms with E-state index in [9.17, 15) is 9.59 Å². The molecule has 138 valence electrons. The number of carbonyl (C=O) groups excluding carboxylic acids is 2. The van der Waals surface area contributed by atoms with Crippen molar-refractivity contribution >= 4 is 43.7 Å². The summed E-state index contributed by atoms with van der Waals surface area (Å²) in [5.74, 6) is 0.421. The van der Waals surface area contributed by atoms with E-state index < -0.39 is 11.8 Å². The number of nitrogens with one attached hydrogen (secondary N) is 2. The van der Waals surface area contributed by atoms with Gasteiger partial charge in [-0.15, -0.1) is 0 Å². The molecule has 7 heteroatoms. The van der Waals surface area contributed by atoms with Crippen molar-refractivity contribution in [2.45, 2.75) is 20.3 Å². The molecule has 0 fully saturated rings. The van der Waals surface area contributed by atoms with Gasteiger partial charge >= 0.3 is 0 Å². The smallest absolute Gasteiger partial charge is 0.270 e. The van der Waals surface area contributed by atoms with Gasteiger partial charge in [0.2, 0.25) is 0 Å². The largest absolute Gasteiger partial charge is 0.492 e. The van der Waals surface area contributed by atoms with Crippen molar-refractivity contribution in [2.24, 2.45) is 5.92 Å². The van der Waals surface area contributed by atoms with E-state index in [2.05, 4.69) is 56.6 Å². The summed E-state index contributed by atoms with van der Waals surface area (Å²) < 4.78 is 7.03. The van der Waals surface area contributed by atoms with Crippen molar-refractivity contribution in [3.63, 3.8) is 0 Å². The molecule has 0 spiro atoms. The molecule has 2 N–H and O–H groups in total. The highest BCUT2D eigenvalue weighted by Crippen LogP contribution is 2.26. The van der Waals surface area contributed by atoms with E-state index in [-0.39, 0.29) is 0 Å². The minimum absolute atomic E-state index is 0.403. The van der Waals surface area contributed by atoms with Crippen LogP contribution in [0.25, 0.3) is 0 Å². The Bertz CT molecular complexity index is 794. The minimum atomic E-state index is -0.417. The van der Waals surface area contributed by atoms with Gasteiger partial charge in [0.25, 0.3) is 11.8 Å². The molecule has 2 aromatic rings. The summed E-state index contributed by atoms with van der Waals surface area (Å²) in [6.07, 6.45) is 0.954. The lowest BCUT2D eigenvalue weighted by Gasteiger charge is -2.12. The molecule has 5 nitrogen and oxygen atoms in total. The zero-order chi connectivity index (χ0) is 19.1. The summed E-state index contributed by atoms with van der Waals surface area (Å²) in [5, 5.41) is 0. The molecule has 0 radical (unpaired) electrons. The molecule has 0 heterocycles. The number of hydrogen-bond acceptors (Lipinski definition) is 3. The Kier molecular flexibility index (Phi) is 7.66. The molecule has 0 unspecified atom stereocenters. The topological polar surface area (TPSA) is 67.4 Å². The maximum atomic E-state index is 12.2. The van der Waals surface area contributed by atoms with Crippen LogP contribution in [0.4, 0.5) is 0 Å². The van der Waals surface area contributed by atoms with E-state index in [0.29, 0.717) is 38.3 Å². The average molecular weight is 484 g/mol. The number of halogens is 2. The fraction of sp³-hybridized carbons (Fsp3) is 0.263. The van der Waals surface area contributed by atoms with Gasteiger partial charge in [0.15, 0.2) is 0 Å². The van der Waals surface area contributed by atoms with Crippen molar-refractivity contribution in [3.8, 4) is 5.75 Å². The van der Waals surface area contributed by atoms with Gasteiger partial charge in [-0.1, -0.05) is 26.0 Å². The number of rotatable bonds is 6. The average Bonchev–Trinajstić information content (AvgIpc) is 2.60. The van der Waals surface area contributed by atoms with Gasteiger partial charge in [0.05, 0.1) is 16.6 Å². The second-order valence-corrected chi connectivity index (χ2v) is 7.77. The predicted molar refractivity (Wildman–Crippen MR) is 108 cm³/mol. The summed E-state index contributed by atoms with van der Waals surface area (Å²) in [6, 6.07) is 12.0. The first-order valence-corrected chi connectivity index (χ1v) is 9.74. The first-order chi connectivity index (χ1) is 12.4. The zero-order valence-corrected chi connectivity index (χ0v) is 17.7. The number of hydrazine groups is 1. The maximum absolute atomic E-state index is 12.2. The van der Waals surface area contributed by atoms with Gasteiger partial charge in [0.1, 0.15) is 5.75 Å². The lowest BCUT2D eigenvalue weighted by Crippen LogP contribution is -2.41. The number of hydrogen-bond donors (Lipinski definition) is 2. The summed E-state index contributed by atoms with van der Waals surface area (Å²) >= 11 is 6.71. The Labute approximate surface area is 169 Å². The second kappa shape index (κ2) is 9.73. The van der Waals surface area contributed by atoms with Crippen molar-refractivity contribution in [2.75, 3.05) is 6.61 Å². The minimum Gasteiger partial charge on any atom is -0.492 e. The van der Waals surface area contributed by atoms with Gasteiger partial charge in [-0.3, -0.25) is 20.4 Å². The van der Waals surface area contributed by atoms with Crippen molar-refractivity contribution in [1.82, 2.24) is 10.9 Å². The Morgan fingerprint density at radius 3 is 2.35 bits per heavy atom. The quantitative estimate of drug-likeness (QED) is 0.584. The zero-order valence-electron chi connectivity index (χ0n) is 14.5. The van der Waals surface area contributed by atoms with Crippen LogP contribution in [0, 0.1) is 5.92 Å². The van der Waals surface area contributed by atoms with Gasteiger partial charge < -0.3 is 4.74 Å². The van der Waals surface area contributed by atoms with Gasteiger partial charge in [-0.25, -0.2) is 0 Å². The van der Waals surface area contributed by atoms with E-state index in [1.165, 1.54) is 0 Å². The lowest BCUT2D eigenvalue weighted by atomic mass is 10.1. The Hall–Kier alpha value is -1.86. The van der Waals surface area contributed by atoms with Crippen LogP contribution < -0.4 is 15.6 Å². The molecular formula is C19H20Br2N2O3. The Morgan fingerprint density at radius 1 is 1.00 bits per heavy atom. The number of benzene rings is 2. The van der Waals surface area contributed by atoms with Crippen LogP contribution in [0.1, 0.15) is 41.0 Å². The van der Waals surface area contributed by atoms with Crippen LogP contribution in [0.3, 0.4) is 0 Å². The van der Waals surface area contributed by atoms with Gasteiger partial charge in [-0.05, 0) is 74.5 Å². The number of carbonyl (C=O) groups is 2. The molecule has 0 bridgehead atoms. The third-order valence-corrected chi connectivity index (χ3v) is 4.87. The van der Waals surface area contributed by atoms with E-state index in [1.807, 2.05) is 6.07 Å². The Morgan fingerprint density at radius 2 is 1.69 bits per heavy atom. The number of amides is 2.